The second-order valence-electron chi connectivity index (χ2n) is 7.37. The lowest BCUT2D eigenvalue weighted by Crippen LogP contribution is -2.18. The summed E-state index contributed by atoms with van der Waals surface area (Å²) in [4.78, 5) is 15.7. The zero-order valence-electron chi connectivity index (χ0n) is 16.2. The molecule has 6 nitrogen and oxygen atoms in total. The van der Waals surface area contributed by atoms with E-state index in [1.54, 1.807) is 4.68 Å². The molecule has 0 unspecified atom stereocenters. The molecular weight excluding hydrogens is 380 g/mol. The lowest BCUT2D eigenvalue weighted by Gasteiger charge is -2.21. The predicted molar refractivity (Wildman–Crippen MR) is 105 cm³/mol. The molecule has 1 fully saturated rings. The minimum Gasteiger partial charge on any atom is -0.503 e. The number of rotatable bonds is 5. The SMILES string of the molecule is CCc1nn(CCC2CCOCC2)c2[nH]c(-c3c(F)cccc3F)c(O)c(=O)c12. The molecule has 1 aliphatic rings. The van der Waals surface area contributed by atoms with Gasteiger partial charge in [0.05, 0.1) is 22.3 Å². The number of fused-ring (bicyclic) bond motifs is 1. The molecule has 3 heterocycles. The molecule has 1 aromatic carbocycles. The smallest absolute Gasteiger partial charge is 0.235 e. The Labute approximate surface area is 166 Å². The van der Waals surface area contributed by atoms with Crippen LogP contribution < -0.4 is 5.43 Å². The summed E-state index contributed by atoms with van der Waals surface area (Å²) in [6.45, 7) is 3.91. The largest absolute Gasteiger partial charge is 0.503 e. The number of aromatic hydroxyl groups is 1. The molecule has 2 aromatic heterocycles. The van der Waals surface area contributed by atoms with Gasteiger partial charge in [-0.1, -0.05) is 13.0 Å². The summed E-state index contributed by atoms with van der Waals surface area (Å²) in [6.07, 6.45) is 3.30. The maximum absolute atomic E-state index is 14.3. The number of aromatic amines is 1. The quantitative estimate of drug-likeness (QED) is 0.680. The third kappa shape index (κ3) is 3.53. The molecule has 4 rings (SSSR count). The number of hydrogen-bond donors (Lipinski definition) is 2. The molecule has 0 atom stereocenters. The Morgan fingerprint density at radius 1 is 1.28 bits per heavy atom. The summed E-state index contributed by atoms with van der Waals surface area (Å²) in [6, 6.07) is 3.40. The van der Waals surface area contributed by atoms with E-state index >= 15 is 0 Å². The monoisotopic (exact) mass is 403 g/mol. The van der Waals surface area contributed by atoms with E-state index in [0.717, 1.165) is 44.6 Å². The highest BCUT2D eigenvalue weighted by Gasteiger charge is 2.24. The fourth-order valence-electron chi connectivity index (χ4n) is 3.95. The second-order valence-corrected chi connectivity index (χ2v) is 7.37. The average Bonchev–Trinajstić information content (AvgIpc) is 3.08. The van der Waals surface area contributed by atoms with Gasteiger partial charge in [0.2, 0.25) is 5.43 Å². The van der Waals surface area contributed by atoms with E-state index in [9.17, 15) is 18.7 Å². The van der Waals surface area contributed by atoms with Crippen LogP contribution in [0.4, 0.5) is 8.78 Å². The van der Waals surface area contributed by atoms with Crippen LogP contribution in [0.15, 0.2) is 23.0 Å². The lowest BCUT2D eigenvalue weighted by atomic mass is 9.97. The van der Waals surface area contributed by atoms with Crippen molar-refractivity contribution in [3.63, 3.8) is 0 Å². The summed E-state index contributed by atoms with van der Waals surface area (Å²) in [5.41, 5.74) is -0.490. The van der Waals surface area contributed by atoms with E-state index in [0.29, 0.717) is 30.2 Å². The van der Waals surface area contributed by atoms with Gasteiger partial charge in [-0.15, -0.1) is 0 Å². The number of ether oxygens (including phenoxy) is 1. The number of nitrogens with zero attached hydrogens (tertiary/aromatic N) is 2. The Bertz CT molecular complexity index is 1080. The van der Waals surface area contributed by atoms with Gasteiger partial charge in [-0.05, 0) is 43.7 Å². The third-order valence-electron chi connectivity index (χ3n) is 5.58. The fourth-order valence-corrected chi connectivity index (χ4v) is 3.95. The van der Waals surface area contributed by atoms with Crippen LogP contribution in [0.1, 0.15) is 31.9 Å². The summed E-state index contributed by atoms with van der Waals surface area (Å²) in [7, 11) is 0. The van der Waals surface area contributed by atoms with Crippen molar-refractivity contribution in [2.75, 3.05) is 13.2 Å². The topological polar surface area (TPSA) is 80.1 Å². The van der Waals surface area contributed by atoms with Crippen LogP contribution in [0.3, 0.4) is 0 Å². The maximum Gasteiger partial charge on any atom is 0.235 e. The number of H-pyrrole nitrogens is 1. The Hall–Kier alpha value is -2.74. The first-order valence-corrected chi connectivity index (χ1v) is 9.88. The van der Waals surface area contributed by atoms with Crippen molar-refractivity contribution >= 4 is 11.0 Å². The van der Waals surface area contributed by atoms with Crippen molar-refractivity contribution in [1.29, 1.82) is 0 Å². The first-order chi connectivity index (χ1) is 14.0. The maximum atomic E-state index is 14.3. The fraction of sp³-hybridized carbons (Fsp3) is 0.429. The van der Waals surface area contributed by atoms with Crippen molar-refractivity contribution < 1.29 is 18.6 Å². The van der Waals surface area contributed by atoms with Gasteiger partial charge in [-0.25, -0.2) is 13.5 Å². The van der Waals surface area contributed by atoms with Gasteiger partial charge in [0, 0.05) is 19.8 Å². The van der Waals surface area contributed by atoms with Crippen LogP contribution in [0, 0.1) is 17.6 Å². The number of pyridine rings is 1. The Balaban J connectivity index is 1.83. The van der Waals surface area contributed by atoms with Gasteiger partial charge < -0.3 is 14.8 Å². The molecule has 154 valence electrons. The van der Waals surface area contributed by atoms with Gasteiger partial charge in [0.15, 0.2) is 5.75 Å². The average molecular weight is 403 g/mol. The van der Waals surface area contributed by atoms with Crippen molar-refractivity contribution in [3.05, 3.63) is 45.8 Å². The molecule has 8 heteroatoms. The summed E-state index contributed by atoms with van der Waals surface area (Å²) < 4.78 is 35.7. The molecule has 0 bridgehead atoms. The first kappa shape index (κ1) is 19.6. The zero-order chi connectivity index (χ0) is 20.5. The molecule has 2 N–H and O–H groups in total. The highest BCUT2D eigenvalue weighted by atomic mass is 19.1. The van der Waals surface area contributed by atoms with Crippen LogP contribution in [0.25, 0.3) is 22.3 Å². The van der Waals surface area contributed by atoms with Crippen molar-refractivity contribution in [2.24, 2.45) is 5.92 Å². The Morgan fingerprint density at radius 2 is 1.97 bits per heavy atom. The number of aromatic nitrogens is 3. The Morgan fingerprint density at radius 3 is 2.62 bits per heavy atom. The zero-order valence-corrected chi connectivity index (χ0v) is 16.2. The predicted octanol–water partition coefficient (Wildman–Crippen LogP) is 3.75. The van der Waals surface area contributed by atoms with Gasteiger partial charge >= 0.3 is 0 Å². The molecule has 0 spiro atoms. The van der Waals surface area contributed by atoms with Gasteiger partial charge in [-0.3, -0.25) is 4.79 Å². The number of aryl methyl sites for hydroxylation is 2. The van der Waals surface area contributed by atoms with Crippen molar-refractivity contribution in [2.45, 2.75) is 39.2 Å². The molecule has 0 saturated carbocycles. The number of nitrogens with one attached hydrogen (secondary N) is 1. The molecule has 0 aliphatic carbocycles. The third-order valence-corrected chi connectivity index (χ3v) is 5.58. The molecule has 1 aliphatic heterocycles. The minimum atomic E-state index is -0.862. The molecule has 1 saturated heterocycles. The van der Waals surface area contributed by atoms with Crippen LogP contribution in [-0.4, -0.2) is 33.1 Å². The molecule has 0 amide bonds. The van der Waals surface area contributed by atoms with Gasteiger partial charge in [0.1, 0.15) is 17.3 Å². The molecule has 0 radical (unpaired) electrons. The van der Waals surface area contributed by atoms with Gasteiger partial charge in [-0.2, -0.15) is 5.10 Å². The van der Waals surface area contributed by atoms with Crippen molar-refractivity contribution in [3.8, 4) is 17.0 Å². The van der Waals surface area contributed by atoms with Crippen molar-refractivity contribution in [1.82, 2.24) is 14.8 Å². The molecule has 3 aromatic rings. The van der Waals surface area contributed by atoms with E-state index < -0.39 is 28.4 Å². The summed E-state index contributed by atoms with van der Waals surface area (Å²) in [5, 5.41) is 15.2. The molecule has 29 heavy (non-hydrogen) atoms. The second kappa shape index (κ2) is 7.94. The normalized spacial score (nSPS) is 15.3. The van der Waals surface area contributed by atoms with Crippen LogP contribution in [0.2, 0.25) is 0 Å². The highest BCUT2D eigenvalue weighted by molar-refractivity contribution is 5.84. The lowest BCUT2D eigenvalue weighted by molar-refractivity contribution is 0.0624. The minimum absolute atomic E-state index is 0.262. The highest BCUT2D eigenvalue weighted by Crippen LogP contribution is 2.32. The van der Waals surface area contributed by atoms with Crippen LogP contribution >= 0.6 is 0 Å². The molecular formula is C21H23F2N3O3. The summed E-state index contributed by atoms with van der Waals surface area (Å²) >= 11 is 0. The van der Waals surface area contributed by atoms with E-state index in [4.69, 9.17) is 4.74 Å². The van der Waals surface area contributed by atoms with Crippen LogP contribution in [-0.2, 0) is 17.7 Å². The number of benzene rings is 1. The van der Waals surface area contributed by atoms with Crippen LogP contribution in [0.5, 0.6) is 5.75 Å². The van der Waals surface area contributed by atoms with Gasteiger partial charge in [0.25, 0.3) is 0 Å². The van der Waals surface area contributed by atoms with E-state index in [2.05, 4.69) is 10.1 Å². The van der Waals surface area contributed by atoms with E-state index in [1.807, 2.05) is 6.92 Å². The Kier molecular flexibility index (Phi) is 5.36. The van der Waals surface area contributed by atoms with E-state index in [1.165, 1.54) is 6.07 Å². The summed E-state index contributed by atoms with van der Waals surface area (Å²) in [5.74, 6) is -1.93. The standard InChI is InChI=1S/C21H23F2N3O3/c1-2-15-17-19(27)20(28)18(16-13(22)4-3-5-14(16)23)24-21(17)26(25-15)9-6-12-7-10-29-11-8-12/h3-5,12,28H,2,6-11H2,1H3,(H,24,27). The van der Waals surface area contributed by atoms with E-state index in [-0.39, 0.29) is 11.1 Å². The number of halogens is 2. The first-order valence-electron chi connectivity index (χ1n) is 9.88. The number of hydrogen-bond acceptors (Lipinski definition) is 4.